The van der Waals surface area contributed by atoms with E-state index in [9.17, 15) is 30.7 Å². The number of halogens is 7. The molecule has 0 atom stereocenters. The minimum absolute atomic E-state index is 0.189. The third kappa shape index (κ3) is 8.56. The molecule has 0 saturated heterocycles. The van der Waals surface area contributed by atoms with Crippen LogP contribution in [0.3, 0.4) is 0 Å². The molecule has 0 saturated carbocycles. The summed E-state index contributed by atoms with van der Waals surface area (Å²) in [5.74, 6) is 0. The second-order valence-electron chi connectivity index (χ2n) is 6.44. The highest BCUT2D eigenvalue weighted by Crippen LogP contribution is 2.49. The molecule has 0 nitrogen and oxygen atoms in total. The maximum Gasteiger partial charge on any atom is 0.431 e. The van der Waals surface area contributed by atoms with E-state index < -0.39 is 30.9 Å². The molecular weight excluding hydrogens is 337 g/mol. The van der Waals surface area contributed by atoms with Gasteiger partial charge in [-0.1, -0.05) is 77.6 Å². The van der Waals surface area contributed by atoms with Crippen molar-refractivity contribution in [2.24, 2.45) is 0 Å². The van der Waals surface area contributed by atoms with E-state index in [4.69, 9.17) is 0 Å². The van der Waals surface area contributed by atoms with Gasteiger partial charge in [-0.2, -0.15) is 26.3 Å². The van der Waals surface area contributed by atoms with E-state index in [2.05, 4.69) is 6.92 Å². The topological polar surface area (TPSA) is 0 Å². The van der Waals surface area contributed by atoms with E-state index in [0.29, 0.717) is 6.42 Å². The van der Waals surface area contributed by atoms with E-state index in [1.165, 1.54) is 32.1 Å². The van der Waals surface area contributed by atoms with Crippen molar-refractivity contribution in [3.8, 4) is 0 Å². The van der Waals surface area contributed by atoms with Crippen LogP contribution in [0.25, 0.3) is 0 Å². The van der Waals surface area contributed by atoms with Gasteiger partial charge in [0.1, 0.15) is 0 Å². The van der Waals surface area contributed by atoms with Gasteiger partial charge in [0.2, 0.25) is 0 Å². The van der Waals surface area contributed by atoms with E-state index in [1.807, 2.05) is 0 Å². The zero-order valence-electron chi connectivity index (χ0n) is 14.3. The van der Waals surface area contributed by atoms with E-state index >= 15 is 0 Å². The Morgan fingerprint density at radius 2 is 0.750 bits per heavy atom. The summed E-state index contributed by atoms with van der Waals surface area (Å²) < 4.78 is 87.3. The Bertz CT molecular complexity index is 293. The zero-order valence-corrected chi connectivity index (χ0v) is 14.3. The van der Waals surface area contributed by atoms with Crippen LogP contribution in [-0.2, 0) is 0 Å². The summed E-state index contributed by atoms with van der Waals surface area (Å²) in [5, 5.41) is 0. The molecule has 0 amide bonds. The van der Waals surface area contributed by atoms with Gasteiger partial charge in [-0.3, -0.25) is 0 Å². The molecule has 0 aliphatic rings. The predicted molar refractivity (Wildman–Crippen MR) is 81.6 cm³/mol. The van der Waals surface area contributed by atoms with Crippen LogP contribution in [0.1, 0.15) is 90.4 Å². The Kier molecular flexibility index (Phi) is 11.0. The average molecular weight is 366 g/mol. The van der Waals surface area contributed by atoms with Crippen molar-refractivity contribution in [3.63, 3.8) is 0 Å². The fourth-order valence-corrected chi connectivity index (χ4v) is 2.65. The van der Waals surface area contributed by atoms with Crippen LogP contribution in [-0.4, -0.2) is 18.0 Å². The zero-order chi connectivity index (χ0) is 18.7. The lowest BCUT2D eigenvalue weighted by Gasteiger charge is -2.29. The Balaban J connectivity index is 3.75. The molecule has 0 aromatic carbocycles. The maximum atomic E-state index is 13.4. The summed E-state index contributed by atoms with van der Waals surface area (Å²) in [6.07, 6.45) is -3.16. The lowest BCUT2D eigenvalue weighted by atomic mass is 9.96. The van der Waals surface area contributed by atoms with Crippen molar-refractivity contribution in [2.75, 3.05) is 0 Å². The molecule has 146 valence electrons. The summed E-state index contributed by atoms with van der Waals surface area (Å²) >= 11 is 0. The largest absolute Gasteiger partial charge is 0.431 e. The first kappa shape index (κ1) is 23.5. The smallest absolute Gasteiger partial charge is 0.224 e. The normalized spacial score (nSPS) is 13.5. The molecule has 7 heteroatoms. The first-order valence-corrected chi connectivity index (χ1v) is 8.88. The van der Waals surface area contributed by atoms with Gasteiger partial charge in [-0.15, -0.1) is 0 Å². The van der Waals surface area contributed by atoms with Crippen LogP contribution in [0.4, 0.5) is 30.7 Å². The fraction of sp³-hybridized carbons (Fsp3) is 1.00. The Morgan fingerprint density at radius 3 is 1.04 bits per heavy atom. The summed E-state index contributed by atoms with van der Waals surface area (Å²) in [6.45, 7) is 2.15. The number of alkyl halides is 7. The Labute approximate surface area is 140 Å². The molecule has 0 rings (SSSR count). The molecule has 0 spiro atoms. The lowest BCUT2D eigenvalue weighted by molar-refractivity contribution is -0.343. The van der Waals surface area contributed by atoms with Crippen molar-refractivity contribution in [1.82, 2.24) is 0 Å². The number of unbranched alkanes of at least 4 members (excludes halogenated alkanes) is 11. The standard InChI is InChI=1S/C17H29F7/c1-2-3-4-5-6-7-8-9-10-11-12-13-14-15(18,16(19,20)21)17(22,23)24/h2-14H2,1H3. The number of rotatable bonds is 13. The molecular formula is C17H29F7. The molecule has 0 aromatic heterocycles. The molecule has 0 bridgehead atoms. The molecule has 0 N–H and O–H groups in total. The Hall–Kier alpha value is -0.490. The molecule has 0 aliphatic heterocycles. The van der Waals surface area contributed by atoms with Gasteiger partial charge < -0.3 is 0 Å². The minimum Gasteiger partial charge on any atom is -0.224 e. The molecule has 0 aromatic rings. The van der Waals surface area contributed by atoms with E-state index in [0.717, 1.165) is 25.7 Å². The molecule has 0 radical (unpaired) electrons. The molecule has 0 heterocycles. The summed E-state index contributed by atoms with van der Waals surface area (Å²) in [7, 11) is 0. The minimum atomic E-state index is -5.91. The van der Waals surface area contributed by atoms with Gasteiger partial charge in [0.15, 0.2) is 0 Å². The monoisotopic (exact) mass is 366 g/mol. The van der Waals surface area contributed by atoms with Crippen LogP contribution in [0, 0.1) is 0 Å². The molecule has 0 fully saturated rings. The fourth-order valence-electron chi connectivity index (χ4n) is 2.65. The van der Waals surface area contributed by atoms with Gasteiger partial charge in [-0.25, -0.2) is 4.39 Å². The maximum absolute atomic E-state index is 13.4. The van der Waals surface area contributed by atoms with Crippen LogP contribution in [0.15, 0.2) is 0 Å². The third-order valence-corrected chi connectivity index (χ3v) is 4.27. The second-order valence-corrected chi connectivity index (χ2v) is 6.44. The highest BCUT2D eigenvalue weighted by molar-refractivity contribution is 4.94. The Morgan fingerprint density at radius 1 is 0.458 bits per heavy atom. The molecule has 24 heavy (non-hydrogen) atoms. The van der Waals surface area contributed by atoms with Gasteiger partial charge in [0.05, 0.1) is 0 Å². The second kappa shape index (κ2) is 11.2. The van der Waals surface area contributed by atoms with Crippen molar-refractivity contribution in [3.05, 3.63) is 0 Å². The lowest BCUT2D eigenvalue weighted by Crippen LogP contribution is -2.53. The van der Waals surface area contributed by atoms with Crippen molar-refractivity contribution < 1.29 is 30.7 Å². The third-order valence-electron chi connectivity index (χ3n) is 4.27. The summed E-state index contributed by atoms with van der Waals surface area (Å²) in [4.78, 5) is 0. The first-order chi connectivity index (χ1) is 11.1. The van der Waals surface area contributed by atoms with Crippen molar-refractivity contribution in [2.45, 2.75) is 108 Å². The van der Waals surface area contributed by atoms with E-state index in [1.54, 1.807) is 0 Å². The molecule has 0 aliphatic carbocycles. The summed E-state index contributed by atoms with van der Waals surface area (Å²) in [6, 6.07) is 0. The number of hydrogen-bond acceptors (Lipinski definition) is 0. The van der Waals surface area contributed by atoms with Gasteiger partial charge in [-0.05, 0) is 12.8 Å². The summed E-state index contributed by atoms with van der Waals surface area (Å²) in [5.41, 5.74) is -5.08. The SMILES string of the molecule is CCCCCCCCCCCCCCC(F)(C(F)(F)F)C(F)(F)F. The van der Waals surface area contributed by atoms with Gasteiger partial charge >= 0.3 is 12.4 Å². The molecule has 0 unspecified atom stereocenters. The van der Waals surface area contributed by atoms with Crippen LogP contribution < -0.4 is 0 Å². The number of hydrogen-bond donors (Lipinski definition) is 0. The highest BCUT2D eigenvalue weighted by Gasteiger charge is 2.71. The quantitative estimate of drug-likeness (QED) is 0.229. The highest BCUT2D eigenvalue weighted by atomic mass is 19.4. The van der Waals surface area contributed by atoms with Crippen LogP contribution in [0.5, 0.6) is 0 Å². The van der Waals surface area contributed by atoms with Crippen LogP contribution in [0.2, 0.25) is 0 Å². The van der Waals surface area contributed by atoms with Crippen LogP contribution >= 0.6 is 0 Å². The van der Waals surface area contributed by atoms with E-state index in [-0.39, 0.29) is 6.42 Å². The van der Waals surface area contributed by atoms with Gasteiger partial charge in [0.25, 0.3) is 5.67 Å². The van der Waals surface area contributed by atoms with Crippen molar-refractivity contribution in [1.29, 1.82) is 0 Å². The average Bonchev–Trinajstić information content (AvgIpc) is 2.45. The van der Waals surface area contributed by atoms with Crippen molar-refractivity contribution >= 4 is 0 Å². The first-order valence-electron chi connectivity index (χ1n) is 8.88. The van der Waals surface area contributed by atoms with Gasteiger partial charge in [0, 0.05) is 0 Å². The predicted octanol–water partition coefficient (Wildman–Crippen LogP) is 7.91.